The van der Waals surface area contributed by atoms with Crippen molar-refractivity contribution in [2.75, 3.05) is 20.2 Å². The summed E-state index contributed by atoms with van der Waals surface area (Å²) in [4.78, 5) is 13.5. The van der Waals surface area contributed by atoms with Crippen LogP contribution in [0.15, 0.2) is 24.3 Å². The molecule has 1 saturated heterocycles. The van der Waals surface area contributed by atoms with Gasteiger partial charge in [0, 0.05) is 26.7 Å². The maximum atomic E-state index is 12.5. The second-order valence-electron chi connectivity index (χ2n) is 5.72. The molecule has 0 spiro atoms. The van der Waals surface area contributed by atoms with Crippen molar-refractivity contribution in [3.8, 4) is 0 Å². The van der Waals surface area contributed by atoms with Gasteiger partial charge in [-0.05, 0) is 37.0 Å². The van der Waals surface area contributed by atoms with Crippen molar-refractivity contribution in [3.63, 3.8) is 0 Å². The third-order valence-electron chi connectivity index (χ3n) is 3.82. The molecule has 1 fully saturated rings. The monoisotopic (exact) mass is 330 g/mol. The van der Waals surface area contributed by atoms with Crippen LogP contribution in [0, 0.1) is 0 Å². The fourth-order valence-electron chi connectivity index (χ4n) is 2.46. The third kappa shape index (κ3) is 5.42. The van der Waals surface area contributed by atoms with Crippen molar-refractivity contribution >= 4 is 6.03 Å². The second-order valence-corrected chi connectivity index (χ2v) is 5.72. The molecule has 0 aliphatic carbocycles. The first-order valence-corrected chi connectivity index (χ1v) is 7.63. The zero-order valence-electron chi connectivity index (χ0n) is 13.0. The maximum Gasteiger partial charge on any atom is 0.416 e. The van der Waals surface area contributed by atoms with E-state index < -0.39 is 11.7 Å². The quantitative estimate of drug-likeness (QED) is 0.919. The predicted octanol–water partition coefficient (Wildman–Crippen LogP) is 3.42. The molecule has 1 heterocycles. The van der Waals surface area contributed by atoms with Gasteiger partial charge in [-0.25, -0.2) is 4.79 Å². The molecule has 128 valence electrons. The highest BCUT2D eigenvalue weighted by molar-refractivity contribution is 5.73. The summed E-state index contributed by atoms with van der Waals surface area (Å²) in [6.07, 6.45) is -1.18. The Kier molecular flexibility index (Phi) is 5.87. The molecule has 1 aliphatic rings. The highest BCUT2D eigenvalue weighted by Crippen LogP contribution is 2.29. The van der Waals surface area contributed by atoms with Crippen molar-refractivity contribution < 1.29 is 22.7 Å². The lowest BCUT2D eigenvalue weighted by Gasteiger charge is -2.27. The molecule has 23 heavy (non-hydrogen) atoms. The Bertz CT molecular complexity index is 511. The van der Waals surface area contributed by atoms with Gasteiger partial charge in [-0.1, -0.05) is 12.1 Å². The number of likely N-dealkylation sites (N-methyl/N-ethyl adjacent to an activating group) is 1. The standard InChI is InChI=1S/C16H21F3N2O2/c1-21(11-14-4-2-3-9-23-14)15(22)20-10-12-5-7-13(8-6-12)16(17,18)19/h5-8,14H,2-4,9-11H2,1H3,(H,20,22). The Hall–Kier alpha value is -1.76. The van der Waals surface area contributed by atoms with Crippen molar-refractivity contribution in [2.24, 2.45) is 0 Å². The number of halogens is 3. The number of benzene rings is 1. The summed E-state index contributed by atoms with van der Waals surface area (Å²) >= 11 is 0. The number of carbonyl (C=O) groups is 1. The van der Waals surface area contributed by atoms with E-state index in [1.807, 2.05) is 0 Å². The van der Waals surface area contributed by atoms with E-state index in [1.54, 1.807) is 11.9 Å². The molecule has 1 aliphatic heterocycles. The molecule has 2 rings (SSSR count). The summed E-state index contributed by atoms with van der Waals surface area (Å²) in [5.41, 5.74) is -0.0761. The van der Waals surface area contributed by atoms with Gasteiger partial charge < -0.3 is 15.0 Å². The van der Waals surface area contributed by atoms with E-state index in [-0.39, 0.29) is 18.7 Å². The van der Waals surface area contributed by atoms with Crippen LogP contribution >= 0.6 is 0 Å². The van der Waals surface area contributed by atoms with E-state index in [0.717, 1.165) is 38.0 Å². The molecule has 1 atom stereocenters. The normalized spacial score (nSPS) is 18.5. The van der Waals surface area contributed by atoms with Crippen LogP contribution in [0.1, 0.15) is 30.4 Å². The summed E-state index contributed by atoms with van der Waals surface area (Å²) in [5.74, 6) is 0. The van der Waals surface area contributed by atoms with Gasteiger partial charge in [-0.3, -0.25) is 0 Å². The Balaban J connectivity index is 1.79. The number of amides is 2. The second kappa shape index (κ2) is 7.68. The molecule has 0 aromatic heterocycles. The van der Waals surface area contributed by atoms with Gasteiger partial charge >= 0.3 is 12.2 Å². The van der Waals surface area contributed by atoms with Crippen molar-refractivity contribution in [2.45, 2.75) is 38.1 Å². The van der Waals surface area contributed by atoms with Crippen LogP contribution in [0.2, 0.25) is 0 Å². The van der Waals surface area contributed by atoms with E-state index in [2.05, 4.69) is 5.32 Å². The number of urea groups is 1. The molecular weight excluding hydrogens is 309 g/mol. The minimum atomic E-state index is -4.35. The highest BCUT2D eigenvalue weighted by Gasteiger charge is 2.29. The van der Waals surface area contributed by atoms with Gasteiger partial charge in [-0.15, -0.1) is 0 Å². The Labute approximate surface area is 133 Å². The molecule has 0 saturated carbocycles. The smallest absolute Gasteiger partial charge is 0.376 e. The molecular formula is C16H21F3N2O2. The van der Waals surface area contributed by atoms with Gasteiger partial charge in [0.1, 0.15) is 0 Å². The number of ether oxygens (including phenoxy) is 1. The fourth-order valence-corrected chi connectivity index (χ4v) is 2.46. The molecule has 1 N–H and O–H groups in total. The number of carbonyl (C=O) groups excluding carboxylic acids is 1. The van der Waals surface area contributed by atoms with Gasteiger partial charge in [0.25, 0.3) is 0 Å². The average molecular weight is 330 g/mol. The van der Waals surface area contributed by atoms with Gasteiger partial charge in [0.05, 0.1) is 11.7 Å². The summed E-state index contributed by atoms with van der Waals surface area (Å²) in [6, 6.07) is 4.50. The highest BCUT2D eigenvalue weighted by atomic mass is 19.4. The largest absolute Gasteiger partial charge is 0.416 e. The van der Waals surface area contributed by atoms with E-state index >= 15 is 0 Å². The lowest BCUT2D eigenvalue weighted by atomic mass is 10.1. The lowest BCUT2D eigenvalue weighted by molar-refractivity contribution is -0.137. The predicted molar refractivity (Wildman–Crippen MR) is 79.9 cm³/mol. The summed E-state index contributed by atoms with van der Waals surface area (Å²) < 4.78 is 43.0. The molecule has 0 radical (unpaired) electrons. The third-order valence-corrected chi connectivity index (χ3v) is 3.82. The molecule has 7 heteroatoms. The van der Waals surface area contributed by atoms with Crippen molar-refractivity contribution in [3.05, 3.63) is 35.4 Å². The number of nitrogens with zero attached hydrogens (tertiary/aromatic N) is 1. The SMILES string of the molecule is CN(CC1CCCCO1)C(=O)NCc1ccc(C(F)(F)F)cc1. The van der Waals surface area contributed by atoms with Crippen LogP contribution in [-0.4, -0.2) is 37.2 Å². The number of hydrogen-bond donors (Lipinski definition) is 1. The zero-order valence-corrected chi connectivity index (χ0v) is 13.0. The number of rotatable bonds is 4. The summed E-state index contributed by atoms with van der Waals surface area (Å²) in [6.45, 7) is 1.43. The van der Waals surface area contributed by atoms with E-state index in [4.69, 9.17) is 4.74 Å². The molecule has 4 nitrogen and oxygen atoms in total. The van der Waals surface area contributed by atoms with Crippen LogP contribution in [-0.2, 0) is 17.5 Å². The fraction of sp³-hybridized carbons (Fsp3) is 0.562. The first kappa shape index (κ1) is 17.6. The molecule has 0 bridgehead atoms. The van der Waals surface area contributed by atoms with Crippen LogP contribution in [0.4, 0.5) is 18.0 Å². The lowest BCUT2D eigenvalue weighted by Crippen LogP contribution is -2.42. The summed E-state index contributed by atoms with van der Waals surface area (Å²) in [7, 11) is 1.68. The van der Waals surface area contributed by atoms with Crippen LogP contribution in [0.25, 0.3) is 0 Å². The summed E-state index contributed by atoms with van der Waals surface area (Å²) in [5, 5.41) is 2.70. The van der Waals surface area contributed by atoms with Crippen LogP contribution in [0.3, 0.4) is 0 Å². The Morgan fingerprint density at radius 1 is 1.30 bits per heavy atom. The van der Waals surface area contributed by atoms with Gasteiger partial charge in [-0.2, -0.15) is 13.2 Å². The molecule has 1 unspecified atom stereocenters. The van der Waals surface area contributed by atoms with E-state index in [9.17, 15) is 18.0 Å². The van der Waals surface area contributed by atoms with E-state index in [1.165, 1.54) is 12.1 Å². The zero-order chi connectivity index (χ0) is 16.9. The Morgan fingerprint density at radius 3 is 2.57 bits per heavy atom. The number of hydrogen-bond acceptors (Lipinski definition) is 2. The molecule has 2 amide bonds. The maximum absolute atomic E-state index is 12.5. The number of alkyl halides is 3. The molecule has 1 aromatic carbocycles. The number of nitrogens with one attached hydrogen (secondary N) is 1. The van der Waals surface area contributed by atoms with Crippen molar-refractivity contribution in [1.29, 1.82) is 0 Å². The minimum absolute atomic E-state index is 0.0607. The van der Waals surface area contributed by atoms with Crippen molar-refractivity contribution in [1.82, 2.24) is 10.2 Å². The topological polar surface area (TPSA) is 41.6 Å². The first-order valence-electron chi connectivity index (χ1n) is 7.63. The van der Waals surface area contributed by atoms with E-state index in [0.29, 0.717) is 12.1 Å². The van der Waals surface area contributed by atoms with Gasteiger partial charge in [0.2, 0.25) is 0 Å². The van der Waals surface area contributed by atoms with Crippen LogP contribution < -0.4 is 5.32 Å². The first-order chi connectivity index (χ1) is 10.9. The average Bonchev–Trinajstić information content (AvgIpc) is 2.53. The molecule has 1 aromatic rings. The minimum Gasteiger partial charge on any atom is -0.376 e. The van der Waals surface area contributed by atoms with Gasteiger partial charge in [0.15, 0.2) is 0 Å². The van der Waals surface area contributed by atoms with Crippen LogP contribution in [0.5, 0.6) is 0 Å². The Morgan fingerprint density at radius 2 is 2.00 bits per heavy atom.